The number of halogens is 2. The first kappa shape index (κ1) is 24.2. The van der Waals surface area contributed by atoms with Gasteiger partial charge in [0.15, 0.2) is 0 Å². The van der Waals surface area contributed by atoms with Crippen LogP contribution in [0.5, 0.6) is 0 Å². The van der Waals surface area contributed by atoms with Crippen molar-refractivity contribution in [1.29, 1.82) is 0 Å². The molecule has 146 valence electrons. The molecule has 0 spiro atoms. The van der Waals surface area contributed by atoms with Crippen LogP contribution in [-0.2, 0) is 16.0 Å². The monoisotopic (exact) mass is 402 g/mol. The van der Waals surface area contributed by atoms with Gasteiger partial charge in [-0.1, -0.05) is 24.3 Å². The van der Waals surface area contributed by atoms with E-state index in [0.717, 1.165) is 24.3 Å². The van der Waals surface area contributed by atoms with Crippen LogP contribution in [0.25, 0.3) is 0 Å². The number of hydrogen-bond donors (Lipinski definition) is 2. The summed E-state index contributed by atoms with van der Waals surface area (Å²) in [5, 5.41) is 2.77. The Labute approximate surface area is 167 Å². The first-order chi connectivity index (χ1) is 11.6. The molecule has 1 aliphatic rings. The van der Waals surface area contributed by atoms with Crippen LogP contribution < -0.4 is 11.1 Å². The zero-order valence-electron chi connectivity index (χ0n) is 14.9. The van der Waals surface area contributed by atoms with Gasteiger partial charge >= 0.3 is 0 Å². The molecule has 26 heavy (non-hydrogen) atoms. The topological polar surface area (TPSA) is 78.7 Å². The van der Waals surface area contributed by atoms with Gasteiger partial charge in [-0.3, -0.25) is 14.5 Å². The van der Waals surface area contributed by atoms with Crippen LogP contribution in [0.1, 0.15) is 12.0 Å². The van der Waals surface area contributed by atoms with E-state index in [2.05, 4.69) is 16.8 Å². The number of amides is 2. The lowest BCUT2D eigenvalue weighted by molar-refractivity contribution is -0.133. The van der Waals surface area contributed by atoms with Gasteiger partial charge in [-0.2, -0.15) is 0 Å². The van der Waals surface area contributed by atoms with Crippen LogP contribution in [0.2, 0.25) is 0 Å². The van der Waals surface area contributed by atoms with E-state index in [9.17, 15) is 9.59 Å². The third-order valence-corrected chi connectivity index (χ3v) is 4.20. The molecule has 0 aromatic heterocycles. The van der Waals surface area contributed by atoms with Crippen LogP contribution >= 0.6 is 24.8 Å². The van der Waals surface area contributed by atoms with Crippen molar-refractivity contribution in [3.8, 4) is 0 Å². The molecule has 1 aliphatic heterocycles. The Balaban J connectivity index is 0.00000312. The average Bonchev–Trinajstić information content (AvgIpc) is 2.59. The van der Waals surface area contributed by atoms with Crippen molar-refractivity contribution < 1.29 is 9.59 Å². The highest BCUT2D eigenvalue weighted by atomic mass is 35.5. The third-order valence-electron chi connectivity index (χ3n) is 4.20. The Morgan fingerprint density at radius 1 is 1.15 bits per heavy atom. The molecule has 1 aromatic rings. The highest BCUT2D eigenvalue weighted by Gasteiger charge is 2.22. The third kappa shape index (κ3) is 7.64. The lowest BCUT2D eigenvalue weighted by Gasteiger charge is -2.34. The minimum atomic E-state index is -0.00534. The Kier molecular flexibility index (Phi) is 11.7. The quantitative estimate of drug-likeness (QED) is 0.534. The van der Waals surface area contributed by atoms with Gasteiger partial charge in [-0.15, -0.1) is 31.4 Å². The first-order valence-corrected chi connectivity index (χ1v) is 8.31. The largest absolute Gasteiger partial charge is 0.399 e. The highest BCUT2D eigenvalue weighted by molar-refractivity contribution is 5.85. The summed E-state index contributed by atoms with van der Waals surface area (Å²) in [5.74, 6) is 0.142. The van der Waals surface area contributed by atoms with Crippen LogP contribution in [0.15, 0.2) is 36.9 Å². The average molecular weight is 403 g/mol. The van der Waals surface area contributed by atoms with E-state index in [1.54, 1.807) is 6.08 Å². The molecule has 2 amide bonds. The predicted octanol–water partition coefficient (Wildman–Crippen LogP) is 1.49. The van der Waals surface area contributed by atoms with E-state index in [0.29, 0.717) is 39.0 Å². The molecule has 0 unspecified atom stereocenters. The first-order valence-electron chi connectivity index (χ1n) is 8.31. The predicted molar refractivity (Wildman–Crippen MR) is 110 cm³/mol. The summed E-state index contributed by atoms with van der Waals surface area (Å²) in [4.78, 5) is 28.0. The number of nitrogens with zero attached hydrogens (tertiary/aromatic N) is 2. The maximum absolute atomic E-state index is 12.3. The second-order valence-electron chi connectivity index (χ2n) is 5.95. The molecule has 1 aromatic carbocycles. The number of anilines is 1. The fourth-order valence-corrected chi connectivity index (χ4v) is 2.76. The Morgan fingerprint density at radius 2 is 1.81 bits per heavy atom. The minimum Gasteiger partial charge on any atom is -0.399 e. The van der Waals surface area contributed by atoms with Crippen LogP contribution in [0.3, 0.4) is 0 Å². The molecule has 2 rings (SSSR count). The van der Waals surface area contributed by atoms with E-state index in [-0.39, 0.29) is 36.6 Å². The number of carbonyl (C=O) groups is 2. The van der Waals surface area contributed by atoms with Gasteiger partial charge in [-0.25, -0.2) is 0 Å². The van der Waals surface area contributed by atoms with Gasteiger partial charge in [0.25, 0.3) is 0 Å². The number of carbonyl (C=O) groups excluding carboxylic acids is 2. The van der Waals surface area contributed by atoms with Crippen molar-refractivity contribution in [3.05, 3.63) is 42.5 Å². The maximum Gasteiger partial charge on any atom is 0.234 e. The van der Waals surface area contributed by atoms with Gasteiger partial charge in [0.2, 0.25) is 11.8 Å². The molecular weight excluding hydrogens is 375 g/mol. The highest BCUT2D eigenvalue weighted by Crippen LogP contribution is 2.14. The molecule has 0 radical (unpaired) electrons. The number of piperazine rings is 1. The summed E-state index contributed by atoms with van der Waals surface area (Å²) in [7, 11) is 0. The van der Waals surface area contributed by atoms with Crippen LogP contribution in [-0.4, -0.2) is 60.9 Å². The summed E-state index contributed by atoms with van der Waals surface area (Å²) < 4.78 is 0. The molecule has 1 fully saturated rings. The number of aryl methyl sites for hydroxylation is 1. The molecule has 0 aliphatic carbocycles. The second kappa shape index (κ2) is 12.6. The van der Waals surface area contributed by atoms with Gasteiger partial charge in [-0.05, 0) is 18.1 Å². The smallest absolute Gasteiger partial charge is 0.234 e. The molecular formula is C18H28Cl2N4O2. The maximum atomic E-state index is 12.3. The normalized spacial score (nSPS) is 13.9. The summed E-state index contributed by atoms with van der Waals surface area (Å²) in [5.41, 5.74) is 7.66. The number of nitrogens with two attached hydrogens (primary N) is 1. The number of nitrogens with one attached hydrogen (secondary N) is 1. The molecule has 8 heteroatoms. The van der Waals surface area contributed by atoms with Gasteiger partial charge in [0.1, 0.15) is 0 Å². The Hall–Kier alpha value is -1.76. The van der Waals surface area contributed by atoms with Crippen molar-refractivity contribution in [2.24, 2.45) is 0 Å². The van der Waals surface area contributed by atoms with E-state index >= 15 is 0 Å². The van der Waals surface area contributed by atoms with Crippen molar-refractivity contribution in [2.45, 2.75) is 12.8 Å². The van der Waals surface area contributed by atoms with E-state index in [4.69, 9.17) is 5.73 Å². The summed E-state index contributed by atoms with van der Waals surface area (Å²) in [6, 6.07) is 7.65. The zero-order chi connectivity index (χ0) is 17.4. The van der Waals surface area contributed by atoms with Gasteiger partial charge in [0, 0.05) is 44.8 Å². The fraction of sp³-hybridized carbons (Fsp3) is 0.444. The lowest BCUT2D eigenvalue weighted by atomic mass is 10.1. The standard InChI is InChI=1S/C18H26N4O2.2ClH/c1-2-9-20-17(23)14-21-10-12-22(13-11-21)18(24)8-7-15-5-3-4-6-16(15)19;;/h2-6H,1,7-14,19H2,(H,20,23);2*1H. The molecule has 0 saturated carbocycles. The van der Waals surface area contributed by atoms with Crippen molar-refractivity contribution in [2.75, 3.05) is 45.0 Å². The van der Waals surface area contributed by atoms with Gasteiger partial charge < -0.3 is 16.0 Å². The van der Waals surface area contributed by atoms with E-state index < -0.39 is 0 Å². The van der Waals surface area contributed by atoms with Crippen LogP contribution in [0.4, 0.5) is 5.69 Å². The molecule has 6 nitrogen and oxygen atoms in total. The molecule has 0 bridgehead atoms. The summed E-state index contributed by atoms with van der Waals surface area (Å²) in [6.45, 7) is 7.21. The molecule has 1 saturated heterocycles. The number of benzene rings is 1. The second-order valence-corrected chi connectivity index (χ2v) is 5.95. The number of hydrogen-bond acceptors (Lipinski definition) is 4. The van der Waals surface area contributed by atoms with E-state index in [1.807, 2.05) is 29.2 Å². The number of rotatable bonds is 7. The number of nitrogen functional groups attached to an aromatic ring is 1. The fourth-order valence-electron chi connectivity index (χ4n) is 2.76. The summed E-state index contributed by atoms with van der Waals surface area (Å²) in [6.07, 6.45) is 2.79. The van der Waals surface area contributed by atoms with Crippen molar-refractivity contribution in [3.63, 3.8) is 0 Å². The zero-order valence-corrected chi connectivity index (χ0v) is 16.5. The minimum absolute atomic E-state index is 0. The van der Waals surface area contributed by atoms with Crippen molar-refractivity contribution >= 4 is 42.3 Å². The lowest BCUT2D eigenvalue weighted by Crippen LogP contribution is -2.51. The van der Waals surface area contributed by atoms with Gasteiger partial charge in [0.05, 0.1) is 6.54 Å². The molecule has 0 atom stereocenters. The summed E-state index contributed by atoms with van der Waals surface area (Å²) >= 11 is 0. The van der Waals surface area contributed by atoms with Crippen LogP contribution in [0, 0.1) is 0 Å². The Morgan fingerprint density at radius 3 is 2.42 bits per heavy atom. The number of para-hydroxylation sites is 1. The van der Waals surface area contributed by atoms with E-state index in [1.165, 1.54) is 0 Å². The molecule has 3 N–H and O–H groups in total. The van der Waals surface area contributed by atoms with Crippen molar-refractivity contribution in [1.82, 2.24) is 15.1 Å². The SMILES string of the molecule is C=CCNC(=O)CN1CCN(C(=O)CCc2ccccc2N)CC1.Cl.Cl. The Bertz CT molecular complexity index is 590. The molecule has 1 heterocycles.